The van der Waals surface area contributed by atoms with Crippen LogP contribution in [0.2, 0.25) is 0 Å². The van der Waals surface area contributed by atoms with E-state index in [1.807, 2.05) is 30.5 Å². The number of aryl methyl sites for hydroxylation is 2. The van der Waals surface area contributed by atoms with Gasteiger partial charge in [0, 0.05) is 24.5 Å². The van der Waals surface area contributed by atoms with Crippen molar-refractivity contribution in [1.82, 2.24) is 14.7 Å². The molecule has 0 saturated carbocycles. The van der Waals surface area contributed by atoms with E-state index >= 15 is 0 Å². The van der Waals surface area contributed by atoms with Gasteiger partial charge < -0.3 is 9.14 Å². The van der Waals surface area contributed by atoms with E-state index < -0.39 is 0 Å². The molecule has 4 aromatic rings. The average Bonchev–Trinajstić information content (AvgIpc) is 3.18. The fourth-order valence-electron chi connectivity index (χ4n) is 3.42. The summed E-state index contributed by atoms with van der Waals surface area (Å²) in [6.07, 6.45) is 4.88. The first-order valence-electron chi connectivity index (χ1n) is 10.1. The van der Waals surface area contributed by atoms with Gasteiger partial charge in [-0.2, -0.15) is 0 Å². The molecule has 4 nitrogen and oxygen atoms in total. The third-order valence-electron chi connectivity index (χ3n) is 5.14. The van der Waals surface area contributed by atoms with Gasteiger partial charge in [0.25, 0.3) is 0 Å². The lowest BCUT2D eigenvalue weighted by atomic mass is 10.1. The Morgan fingerprint density at radius 3 is 2.55 bits per heavy atom. The van der Waals surface area contributed by atoms with Gasteiger partial charge in [0.1, 0.15) is 17.6 Å². The Morgan fingerprint density at radius 2 is 1.79 bits per heavy atom. The van der Waals surface area contributed by atoms with Gasteiger partial charge in [-0.3, -0.25) is 5.32 Å². The number of pyridine rings is 1. The normalized spacial score (nSPS) is 12.2. The Hall–Kier alpha value is -3.11. The molecule has 1 atom stereocenters. The van der Waals surface area contributed by atoms with E-state index in [1.54, 1.807) is 0 Å². The molecular formula is C25H27N3O. The summed E-state index contributed by atoms with van der Waals surface area (Å²) in [5, 5.41) is 3.52. The number of hydrogen-bond donors (Lipinski definition) is 1. The van der Waals surface area contributed by atoms with Crippen LogP contribution in [0.4, 0.5) is 0 Å². The Morgan fingerprint density at radius 1 is 1.00 bits per heavy atom. The van der Waals surface area contributed by atoms with Gasteiger partial charge in [0.15, 0.2) is 0 Å². The quantitative estimate of drug-likeness (QED) is 0.426. The van der Waals surface area contributed by atoms with E-state index in [0.717, 1.165) is 41.2 Å². The molecule has 4 heteroatoms. The Balaban J connectivity index is 1.55. The molecule has 1 unspecified atom stereocenters. The van der Waals surface area contributed by atoms with Gasteiger partial charge in [-0.15, -0.1) is 0 Å². The molecule has 148 valence electrons. The molecule has 0 aliphatic heterocycles. The highest BCUT2D eigenvalue weighted by atomic mass is 16.5. The van der Waals surface area contributed by atoms with Gasteiger partial charge in [-0.05, 0) is 49.6 Å². The highest BCUT2D eigenvalue weighted by Gasteiger charge is 2.14. The second-order valence-electron chi connectivity index (χ2n) is 7.43. The SMILES string of the molecule is CCC(NCc1ccc(C)cc1)Oc1ccccc1-c1cn2cccc(C)c2n1. The number of aromatic nitrogens is 2. The molecule has 0 radical (unpaired) electrons. The van der Waals surface area contributed by atoms with Gasteiger partial charge in [0.05, 0.1) is 5.69 Å². The summed E-state index contributed by atoms with van der Waals surface area (Å²) in [4.78, 5) is 4.84. The molecule has 0 bridgehead atoms. The number of ether oxygens (including phenoxy) is 1. The van der Waals surface area contributed by atoms with Gasteiger partial charge in [0.2, 0.25) is 0 Å². The summed E-state index contributed by atoms with van der Waals surface area (Å²) < 4.78 is 8.42. The number of benzene rings is 2. The van der Waals surface area contributed by atoms with Crippen molar-refractivity contribution in [3.05, 3.63) is 89.7 Å². The molecule has 0 aliphatic rings. The van der Waals surface area contributed by atoms with E-state index in [4.69, 9.17) is 9.72 Å². The topological polar surface area (TPSA) is 38.6 Å². The van der Waals surface area contributed by atoms with Crippen molar-refractivity contribution in [2.45, 2.75) is 40.0 Å². The molecule has 2 heterocycles. The van der Waals surface area contributed by atoms with Crippen LogP contribution in [0, 0.1) is 13.8 Å². The smallest absolute Gasteiger partial charge is 0.150 e. The van der Waals surface area contributed by atoms with E-state index in [2.05, 4.69) is 73.1 Å². The van der Waals surface area contributed by atoms with Crippen LogP contribution in [0.3, 0.4) is 0 Å². The monoisotopic (exact) mass is 385 g/mol. The largest absolute Gasteiger partial charge is 0.475 e. The van der Waals surface area contributed by atoms with E-state index in [1.165, 1.54) is 11.1 Å². The minimum atomic E-state index is -0.0729. The van der Waals surface area contributed by atoms with Crippen molar-refractivity contribution in [2.24, 2.45) is 0 Å². The predicted octanol–water partition coefficient (Wildman–Crippen LogP) is 5.52. The van der Waals surface area contributed by atoms with Gasteiger partial charge in [-0.1, -0.05) is 55.0 Å². The van der Waals surface area contributed by atoms with Crippen LogP contribution in [-0.4, -0.2) is 15.6 Å². The molecule has 0 saturated heterocycles. The standard InChI is InChI=1S/C25H27N3O/c1-4-24(26-16-20-13-11-18(2)12-14-20)29-23-10-6-5-9-21(23)22-17-28-15-7-8-19(3)25(28)27-22/h5-15,17,24,26H,4,16H2,1-3H3. The van der Waals surface area contributed by atoms with Crippen molar-refractivity contribution in [3.8, 4) is 17.0 Å². The summed E-state index contributed by atoms with van der Waals surface area (Å²) in [5.74, 6) is 0.844. The number of nitrogens with zero attached hydrogens (tertiary/aromatic N) is 2. The minimum Gasteiger partial charge on any atom is -0.475 e. The molecule has 29 heavy (non-hydrogen) atoms. The first-order valence-corrected chi connectivity index (χ1v) is 10.1. The molecular weight excluding hydrogens is 358 g/mol. The lowest BCUT2D eigenvalue weighted by Gasteiger charge is -2.20. The number of rotatable bonds is 7. The number of fused-ring (bicyclic) bond motifs is 1. The molecule has 0 spiro atoms. The maximum atomic E-state index is 6.36. The van der Waals surface area contributed by atoms with Crippen molar-refractivity contribution < 1.29 is 4.74 Å². The highest BCUT2D eigenvalue weighted by Crippen LogP contribution is 2.30. The van der Waals surface area contributed by atoms with Crippen LogP contribution in [0.15, 0.2) is 73.1 Å². The molecule has 0 amide bonds. The predicted molar refractivity (Wildman–Crippen MR) is 118 cm³/mol. The Kier molecular flexibility index (Phi) is 5.63. The number of hydrogen-bond acceptors (Lipinski definition) is 3. The maximum Gasteiger partial charge on any atom is 0.150 e. The van der Waals surface area contributed by atoms with Crippen molar-refractivity contribution in [3.63, 3.8) is 0 Å². The van der Waals surface area contributed by atoms with E-state index in [9.17, 15) is 0 Å². The minimum absolute atomic E-state index is 0.0729. The van der Waals surface area contributed by atoms with Crippen molar-refractivity contribution in [2.75, 3.05) is 0 Å². The molecule has 2 aromatic carbocycles. The zero-order chi connectivity index (χ0) is 20.2. The lowest BCUT2D eigenvalue weighted by molar-refractivity contribution is 0.158. The fourth-order valence-corrected chi connectivity index (χ4v) is 3.42. The zero-order valence-corrected chi connectivity index (χ0v) is 17.2. The first-order chi connectivity index (χ1) is 14.1. The summed E-state index contributed by atoms with van der Waals surface area (Å²) in [7, 11) is 0. The number of imidazole rings is 1. The van der Waals surface area contributed by atoms with Crippen LogP contribution < -0.4 is 10.1 Å². The molecule has 4 rings (SSSR count). The molecule has 0 fully saturated rings. The van der Waals surface area contributed by atoms with Gasteiger partial charge >= 0.3 is 0 Å². The van der Waals surface area contributed by atoms with Gasteiger partial charge in [-0.25, -0.2) is 4.98 Å². The maximum absolute atomic E-state index is 6.36. The van der Waals surface area contributed by atoms with E-state index in [0.29, 0.717) is 0 Å². The lowest BCUT2D eigenvalue weighted by Crippen LogP contribution is -2.33. The van der Waals surface area contributed by atoms with Crippen LogP contribution in [0.25, 0.3) is 16.9 Å². The van der Waals surface area contributed by atoms with Crippen LogP contribution in [0.1, 0.15) is 30.0 Å². The molecule has 1 N–H and O–H groups in total. The number of nitrogens with one attached hydrogen (secondary N) is 1. The van der Waals surface area contributed by atoms with E-state index in [-0.39, 0.29) is 6.23 Å². The van der Waals surface area contributed by atoms with Crippen LogP contribution in [-0.2, 0) is 6.54 Å². The van der Waals surface area contributed by atoms with Crippen LogP contribution in [0.5, 0.6) is 5.75 Å². The third kappa shape index (κ3) is 4.33. The fraction of sp³-hybridized carbons (Fsp3) is 0.240. The second kappa shape index (κ2) is 8.50. The van der Waals surface area contributed by atoms with Crippen molar-refractivity contribution >= 4 is 5.65 Å². The zero-order valence-electron chi connectivity index (χ0n) is 17.2. The third-order valence-corrected chi connectivity index (χ3v) is 5.14. The second-order valence-corrected chi connectivity index (χ2v) is 7.43. The summed E-state index contributed by atoms with van der Waals surface area (Å²) in [6, 6.07) is 20.8. The van der Waals surface area contributed by atoms with Crippen molar-refractivity contribution in [1.29, 1.82) is 0 Å². The first kappa shape index (κ1) is 19.2. The summed E-state index contributed by atoms with van der Waals surface area (Å²) in [5.41, 5.74) is 6.58. The average molecular weight is 386 g/mol. The summed E-state index contributed by atoms with van der Waals surface area (Å²) >= 11 is 0. The molecule has 0 aliphatic carbocycles. The summed E-state index contributed by atoms with van der Waals surface area (Å²) in [6.45, 7) is 7.09. The Bertz CT molecular complexity index is 1100. The Labute approximate surface area is 172 Å². The molecule has 2 aromatic heterocycles. The van der Waals surface area contributed by atoms with Crippen LogP contribution >= 0.6 is 0 Å². The highest BCUT2D eigenvalue weighted by molar-refractivity contribution is 5.70. The number of para-hydroxylation sites is 1.